The van der Waals surface area contributed by atoms with Gasteiger partial charge in [-0.25, -0.2) is 4.79 Å². The van der Waals surface area contributed by atoms with Gasteiger partial charge in [0, 0.05) is 38.9 Å². The summed E-state index contributed by atoms with van der Waals surface area (Å²) in [5, 5.41) is 9.31. The SMILES string of the molecule is CN(C)c1ccc(/C=C/c2cc(N3CCOCC3)c(C#N)c(=O)o2)cc1. The van der Waals surface area contributed by atoms with Crippen LogP contribution in [0.15, 0.2) is 39.5 Å². The van der Waals surface area contributed by atoms with Crippen molar-refractivity contribution in [2.24, 2.45) is 0 Å². The normalized spacial score (nSPS) is 14.4. The van der Waals surface area contributed by atoms with Crippen molar-refractivity contribution < 1.29 is 9.15 Å². The number of hydrogen-bond acceptors (Lipinski definition) is 6. The van der Waals surface area contributed by atoms with E-state index in [0.29, 0.717) is 37.8 Å². The molecular formula is C20H21N3O3. The third-order valence-electron chi connectivity index (χ3n) is 4.26. The number of morpholine rings is 1. The Morgan fingerprint density at radius 2 is 1.85 bits per heavy atom. The number of ether oxygens (including phenoxy) is 1. The summed E-state index contributed by atoms with van der Waals surface area (Å²) < 4.78 is 10.6. The van der Waals surface area contributed by atoms with E-state index in [1.165, 1.54) is 0 Å². The number of anilines is 2. The quantitative estimate of drug-likeness (QED) is 0.843. The van der Waals surface area contributed by atoms with Crippen LogP contribution in [0.25, 0.3) is 12.2 Å². The van der Waals surface area contributed by atoms with E-state index in [0.717, 1.165) is 11.3 Å². The van der Waals surface area contributed by atoms with Crippen molar-refractivity contribution in [3.05, 3.63) is 57.6 Å². The molecule has 1 saturated heterocycles. The number of nitriles is 1. The van der Waals surface area contributed by atoms with Crippen molar-refractivity contribution in [2.75, 3.05) is 50.2 Å². The lowest BCUT2D eigenvalue weighted by atomic mass is 10.1. The Morgan fingerprint density at radius 3 is 2.46 bits per heavy atom. The minimum atomic E-state index is -0.612. The van der Waals surface area contributed by atoms with Gasteiger partial charge in [0.2, 0.25) is 0 Å². The fraction of sp³-hybridized carbons (Fsp3) is 0.300. The largest absolute Gasteiger partial charge is 0.422 e. The summed E-state index contributed by atoms with van der Waals surface area (Å²) in [6.07, 6.45) is 3.63. The first-order valence-electron chi connectivity index (χ1n) is 8.45. The second kappa shape index (κ2) is 7.89. The van der Waals surface area contributed by atoms with E-state index in [-0.39, 0.29) is 5.56 Å². The van der Waals surface area contributed by atoms with Crippen molar-refractivity contribution in [3.8, 4) is 6.07 Å². The van der Waals surface area contributed by atoms with Gasteiger partial charge in [0.1, 0.15) is 11.8 Å². The molecule has 0 N–H and O–H groups in total. The fourth-order valence-corrected chi connectivity index (χ4v) is 2.80. The third kappa shape index (κ3) is 3.95. The van der Waals surface area contributed by atoms with Crippen LogP contribution in [0.1, 0.15) is 16.9 Å². The molecule has 0 spiro atoms. The predicted octanol–water partition coefficient (Wildman–Crippen LogP) is 2.58. The van der Waals surface area contributed by atoms with Gasteiger partial charge in [-0.05, 0) is 23.8 Å². The van der Waals surface area contributed by atoms with Crippen LogP contribution in [-0.2, 0) is 4.74 Å². The van der Waals surface area contributed by atoms with Crippen LogP contribution in [0.4, 0.5) is 11.4 Å². The zero-order valence-corrected chi connectivity index (χ0v) is 14.9. The van der Waals surface area contributed by atoms with Crippen molar-refractivity contribution >= 4 is 23.5 Å². The van der Waals surface area contributed by atoms with Crippen molar-refractivity contribution in [1.82, 2.24) is 0 Å². The highest BCUT2D eigenvalue weighted by Crippen LogP contribution is 2.22. The van der Waals surface area contributed by atoms with Crippen LogP contribution >= 0.6 is 0 Å². The molecule has 2 aromatic rings. The van der Waals surface area contributed by atoms with Gasteiger partial charge in [-0.3, -0.25) is 0 Å². The number of rotatable bonds is 4. The Balaban J connectivity index is 1.89. The van der Waals surface area contributed by atoms with Gasteiger partial charge in [0.05, 0.1) is 18.9 Å². The summed E-state index contributed by atoms with van der Waals surface area (Å²) in [4.78, 5) is 16.2. The maximum Gasteiger partial charge on any atom is 0.356 e. The summed E-state index contributed by atoms with van der Waals surface area (Å²) in [5.74, 6) is 0.423. The third-order valence-corrected chi connectivity index (χ3v) is 4.26. The minimum absolute atomic E-state index is 0.0411. The van der Waals surface area contributed by atoms with E-state index >= 15 is 0 Å². The molecular weight excluding hydrogens is 330 g/mol. The molecule has 2 heterocycles. The van der Waals surface area contributed by atoms with E-state index in [2.05, 4.69) is 0 Å². The molecule has 0 bridgehead atoms. The van der Waals surface area contributed by atoms with E-state index in [1.54, 1.807) is 12.1 Å². The van der Waals surface area contributed by atoms with Gasteiger partial charge in [-0.1, -0.05) is 18.2 Å². The fourth-order valence-electron chi connectivity index (χ4n) is 2.80. The molecule has 3 rings (SSSR count). The van der Waals surface area contributed by atoms with E-state index in [1.807, 2.05) is 60.3 Å². The first-order valence-corrected chi connectivity index (χ1v) is 8.45. The van der Waals surface area contributed by atoms with Gasteiger partial charge in [-0.2, -0.15) is 5.26 Å². The molecule has 26 heavy (non-hydrogen) atoms. The van der Waals surface area contributed by atoms with E-state index in [4.69, 9.17) is 9.15 Å². The number of nitrogens with zero attached hydrogens (tertiary/aromatic N) is 3. The average molecular weight is 351 g/mol. The predicted molar refractivity (Wildman–Crippen MR) is 102 cm³/mol. The van der Waals surface area contributed by atoms with Gasteiger partial charge < -0.3 is 19.0 Å². The van der Waals surface area contributed by atoms with Crippen LogP contribution < -0.4 is 15.4 Å². The molecule has 1 aliphatic heterocycles. The van der Waals surface area contributed by atoms with Crippen LogP contribution in [-0.4, -0.2) is 40.4 Å². The molecule has 6 nitrogen and oxygen atoms in total. The molecule has 1 aromatic heterocycles. The molecule has 1 aromatic carbocycles. The molecule has 6 heteroatoms. The number of hydrogen-bond donors (Lipinski definition) is 0. The highest BCUT2D eigenvalue weighted by Gasteiger charge is 2.19. The highest BCUT2D eigenvalue weighted by atomic mass is 16.5. The maximum atomic E-state index is 12.2. The Kier molecular flexibility index (Phi) is 5.40. The molecule has 134 valence electrons. The first-order chi connectivity index (χ1) is 12.6. The molecule has 1 aliphatic rings. The van der Waals surface area contributed by atoms with Crippen LogP contribution in [0.5, 0.6) is 0 Å². The monoisotopic (exact) mass is 351 g/mol. The Labute approximate surface area is 152 Å². The topological polar surface area (TPSA) is 69.7 Å². The molecule has 0 amide bonds. The Bertz CT molecular complexity index is 886. The molecule has 0 saturated carbocycles. The second-order valence-electron chi connectivity index (χ2n) is 6.23. The van der Waals surface area contributed by atoms with Crippen LogP contribution in [0, 0.1) is 11.3 Å². The second-order valence-corrected chi connectivity index (χ2v) is 6.23. The molecule has 0 aliphatic carbocycles. The summed E-state index contributed by atoms with van der Waals surface area (Å²) in [7, 11) is 3.98. The van der Waals surface area contributed by atoms with E-state index < -0.39 is 5.63 Å². The summed E-state index contributed by atoms with van der Waals surface area (Å²) in [6, 6.07) is 11.7. The van der Waals surface area contributed by atoms with Crippen molar-refractivity contribution in [1.29, 1.82) is 5.26 Å². The van der Waals surface area contributed by atoms with Gasteiger partial charge in [-0.15, -0.1) is 0 Å². The summed E-state index contributed by atoms with van der Waals surface area (Å²) in [5.41, 5.74) is 2.14. The minimum Gasteiger partial charge on any atom is -0.422 e. The molecule has 1 fully saturated rings. The maximum absolute atomic E-state index is 12.2. The molecule has 0 unspecified atom stereocenters. The van der Waals surface area contributed by atoms with Crippen molar-refractivity contribution in [2.45, 2.75) is 0 Å². The zero-order chi connectivity index (χ0) is 18.5. The Hall–Kier alpha value is -3.04. The van der Waals surface area contributed by atoms with Crippen LogP contribution in [0.2, 0.25) is 0 Å². The van der Waals surface area contributed by atoms with Gasteiger partial charge in [0.25, 0.3) is 0 Å². The van der Waals surface area contributed by atoms with Crippen LogP contribution in [0.3, 0.4) is 0 Å². The summed E-state index contributed by atoms with van der Waals surface area (Å²) in [6.45, 7) is 2.45. The lowest BCUT2D eigenvalue weighted by Crippen LogP contribution is -2.37. The van der Waals surface area contributed by atoms with Gasteiger partial charge in [0.15, 0.2) is 5.56 Å². The molecule has 0 atom stereocenters. The highest BCUT2D eigenvalue weighted by molar-refractivity contribution is 5.71. The van der Waals surface area contributed by atoms with E-state index in [9.17, 15) is 10.1 Å². The summed E-state index contributed by atoms with van der Waals surface area (Å²) >= 11 is 0. The van der Waals surface area contributed by atoms with Crippen molar-refractivity contribution in [3.63, 3.8) is 0 Å². The number of benzene rings is 1. The smallest absolute Gasteiger partial charge is 0.356 e. The Morgan fingerprint density at radius 1 is 1.15 bits per heavy atom. The standard InChI is InChI=1S/C20H21N3O3/c1-22(2)16-6-3-15(4-7-16)5-8-17-13-19(18(14-21)20(24)26-17)23-9-11-25-12-10-23/h3-8,13H,9-12H2,1-2H3/b8-5+. The average Bonchev–Trinajstić information content (AvgIpc) is 2.67. The lowest BCUT2D eigenvalue weighted by Gasteiger charge is -2.29. The molecule has 0 radical (unpaired) electrons. The first kappa shape index (κ1) is 17.8. The van der Waals surface area contributed by atoms with Gasteiger partial charge >= 0.3 is 5.63 Å². The zero-order valence-electron chi connectivity index (χ0n) is 14.9. The lowest BCUT2D eigenvalue weighted by molar-refractivity contribution is 0.122.